The lowest BCUT2D eigenvalue weighted by Gasteiger charge is -2.27. The molecule has 49 heavy (non-hydrogen) atoms. The molecule has 1 heterocycles. The van der Waals surface area contributed by atoms with E-state index in [4.69, 9.17) is 16.9 Å². The summed E-state index contributed by atoms with van der Waals surface area (Å²) in [6.45, 7) is 5.97. The normalized spacial score (nSPS) is 15.0. The fraction of sp³-hybridized carbons (Fsp3) is 0.400. The molecule has 0 unspecified atom stereocenters. The Kier molecular flexibility index (Phi) is 10.6. The van der Waals surface area contributed by atoms with E-state index >= 15 is 8.78 Å². The van der Waals surface area contributed by atoms with Gasteiger partial charge in [-0.25, -0.2) is 13.2 Å². The molecule has 262 valence electrons. The van der Waals surface area contributed by atoms with Gasteiger partial charge in [-0.2, -0.15) is 13.2 Å². The number of aliphatic carboxylic acids is 1. The number of hydrogen-bond donors (Lipinski definition) is 3. The van der Waals surface area contributed by atoms with E-state index in [0.717, 1.165) is 24.4 Å². The van der Waals surface area contributed by atoms with E-state index < -0.39 is 87.5 Å². The minimum atomic E-state index is -5.00. The number of halogens is 6. The van der Waals surface area contributed by atoms with Crippen LogP contribution < -0.4 is 21.3 Å². The van der Waals surface area contributed by atoms with Crippen molar-refractivity contribution >= 4 is 11.9 Å². The lowest BCUT2D eigenvalue weighted by molar-refractivity contribution is -0.139. The maximum Gasteiger partial charge on any atom is 0.420 e. The number of amides is 1. The van der Waals surface area contributed by atoms with Crippen LogP contribution in [-0.2, 0) is 15.8 Å². The van der Waals surface area contributed by atoms with Gasteiger partial charge in [0, 0.05) is 17.2 Å². The summed E-state index contributed by atoms with van der Waals surface area (Å²) in [5.41, 5.74) is 1.53. The largest absolute Gasteiger partial charge is 0.489 e. The number of nitrogens with two attached hydrogens (primary N) is 1. The second kappa shape index (κ2) is 14.0. The molecule has 0 aliphatic heterocycles. The number of carboxylic acids is 1. The van der Waals surface area contributed by atoms with Gasteiger partial charge in [-0.15, -0.1) is 6.42 Å². The number of benzene rings is 2. The molecule has 0 bridgehead atoms. The molecule has 1 aromatic heterocycles. The first kappa shape index (κ1) is 37.1. The summed E-state index contributed by atoms with van der Waals surface area (Å²) in [5, 5.41) is 12.0. The van der Waals surface area contributed by atoms with Crippen LogP contribution in [0, 0.1) is 49.6 Å². The zero-order chi connectivity index (χ0) is 36.6. The van der Waals surface area contributed by atoms with E-state index in [1.54, 1.807) is 13.8 Å². The van der Waals surface area contributed by atoms with Crippen LogP contribution in [0.5, 0.6) is 5.75 Å². The average molecular weight is 692 g/mol. The number of carboxylic acid groups (broad SMARTS) is 1. The number of pyridine rings is 1. The van der Waals surface area contributed by atoms with E-state index in [-0.39, 0.29) is 47.3 Å². The third-order valence-corrected chi connectivity index (χ3v) is 8.29. The van der Waals surface area contributed by atoms with Crippen molar-refractivity contribution in [1.29, 1.82) is 0 Å². The van der Waals surface area contributed by atoms with Gasteiger partial charge in [0.05, 0.1) is 29.8 Å². The molecule has 1 fully saturated rings. The topological polar surface area (TPSA) is 124 Å². The molecule has 0 spiro atoms. The third kappa shape index (κ3) is 8.28. The van der Waals surface area contributed by atoms with Gasteiger partial charge in [-0.05, 0) is 73.9 Å². The molecule has 4 rings (SSSR count). The number of nitrogens with one attached hydrogen (secondary N) is 1. The van der Waals surface area contributed by atoms with Crippen molar-refractivity contribution in [1.82, 2.24) is 9.88 Å². The Morgan fingerprint density at radius 1 is 1.10 bits per heavy atom. The molecule has 3 aromatic rings. The second-order valence-corrected chi connectivity index (χ2v) is 12.8. The molecule has 14 heteroatoms. The Morgan fingerprint density at radius 3 is 2.22 bits per heavy atom. The van der Waals surface area contributed by atoms with E-state index in [9.17, 15) is 37.1 Å². The van der Waals surface area contributed by atoms with Gasteiger partial charge >= 0.3 is 12.1 Å². The van der Waals surface area contributed by atoms with Crippen molar-refractivity contribution in [2.75, 3.05) is 6.61 Å². The van der Waals surface area contributed by atoms with Crippen LogP contribution >= 0.6 is 0 Å². The molecule has 1 aliphatic rings. The van der Waals surface area contributed by atoms with Crippen LogP contribution in [0.15, 0.2) is 35.3 Å². The third-order valence-electron chi connectivity index (χ3n) is 8.29. The van der Waals surface area contributed by atoms with Crippen molar-refractivity contribution in [2.45, 2.75) is 77.2 Å². The van der Waals surface area contributed by atoms with Crippen molar-refractivity contribution in [3.05, 3.63) is 86.1 Å². The Labute approximate surface area is 278 Å². The van der Waals surface area contributed by atoms with Crippen LogP contribution in [0.4, 0.5) is 26.3 Å². The molecule has 1 saturated carbocycles. The number of ether oxygens (including phenoxy) is 1. The number of nitrogens with zero attached hydrogens (tertiary/aromatic N) is 1. The molecule has 2 atom stereocenters. The van der Waals surface area contributed by atoms with Crippen LogP contribution in [0.2, 0.25) is 0 Å². The Morgan fingerprint density at radius 2 is 1.71 bits per heavy atom. The lowest BCUT2D eigenvalue weighted by Crippen LogP contribution is -2.41. The predicted molar refractivity (Wildman–Crippen MR) is 168 cm³/mol. The van der Waals surface area contributed by atoms with Gasteiger partial charge in [-0.1, -0.05) is 19.8 Å². The van der Waals surface area contributed by atoms with Crippen LogP contribution in [0.25, 0.3) is 11.1 Å². The van der Waals surface area contributed by atoms with Gasteiger partial charge in [0.2, 0.25) is 5.91 Å². The number of terminal acetylenes is 1. The summed E-state index contributed by atoms with van der Waals surface area (Å²) < 4.78 is 94.2. The van der Waals surface area contributed by atoms with Crippen LogP contribution in [-0.4, -0.2) is 33.7 Å². The predicted octanol–water partition coefficient (Wildman–Crippen LogP) is 6.34. The molecule has 1 aliphatic carbocycles. The Balaban J connectivity index is 1.85. The Bertz CT molecular complexity index is 1870. The molecule has 8 nitrogen and oxygen atoms in total. The molecule has 4 N–H and O–H groups in total. The van der Waals surface area contributed by atoms with E-state index in [0.29, 0.717) is 17.4 Å². The highest BCUT2D eigenvalue weighted by Gasteiger charge is 2.42. The zero-order valence-corrected chi connectivity index (χ0v) is 27.1. The van der Waals surface area contributed by atoms with Gasteiger partial charge in [0.1, 0.15) is 41.4 Å². The summed E-state index contributed by atoms with van der Waals surface area (Å²) in [5.74, 6) is -4.98. The van der Waals surface area contributed by atoms with Gasteiger partial charge < -0.3 is 20.9 Å². The molecular weight excluding hydrogens is 656 g/mol. The summed E-state index contributed by atoms with van der Waals surface area (Å²) in [7, 11) is 0. The number of aryl methyl sites for hydroxylation is 2. The molecule has 1 amide bonds. The quantitative estimate of drug-likeness (QED) is 0.151. The van der Waals surface area contributed by atoms with Crippen LogP contribution in [0.1, 0.15) is 79.4 Å². The molecule has 0 saturated heterocycles. The zero-order valence-electron chi connectivity index (χ0n) is 27.1. The number of carbonyl (C=O) groups excluding carboxylic acids is 1. The van der Waals surface area contributed by atoms with Crippen molar-refractivity contribution in [2.24, 2.45) is 11.7 Å². The minimum Gasteiger partial charge on any atom is -0.489 e. The number of aromatic nitrogens is 1. The van der Waals surface area contributed by atoms with Gasteiger partial charge in [-0.3, -0.25) is 19.0 Å². The maximum atomic E-state index is 16.4. The van der Waals surface area contributed by atoms with Gasteiger partial charge in [0.15, 0.2) is 0 Å². The number of rotatable bonds is 12. The molecular formula is C35H35F6N3O5. The first-order valence-corrected chi connectivity index (χ1v) is 15.3. The van der Waals surface area contributed by atoms with Crippen molar-refractivity contribution in [3.63, 3.8) is 0 Å². The smallest absolute Gasteiger partial charge is 0.420 e. The van der Waals surface area contributed by atoms with Crippen LogP contribution in [0.3, 0.4) is 0 Å². The second-order valence-electron chi connectivity index (χ2n) is 12.8. The Hall–Kier alpha value is -4.77. The van der Waals surface area contributed by atoms with E-state index in [2.05, 4.69) is 11.2 Å². The summed E-state index contributed by atoms with van der Waals surface area (Å²) in [6.07, 6.45) is 1.04. The number of alkyl halides is 3. The highest BCUT2D eigenvalue weighted by molar-refractivity contribution is 5.82. The number of carbonyl (C=O) groups is 2. The SMILES string of the molecule is C#Cc1cc(-c2c(C)cc(F)cc2C)c(F)c([C@H](CC(=O)O)NC(=O)[C@H](CC(C)C)n2cc(OCC3(N)CC3)c(C(F)(F)F)cc2=O)c1F. The first-order chi connectivity index (χ1) is 22.8. The fourth-order valence-electron chi connectivity index (χ4n) is 5.68. The number of hydrogen-bond acceptors (Lipinski definition) is 5. The standard InChI is InChI=1S/C35H35F6N3O5/c1-6-20-12-22(29-18(4)10-21(36)11-19(29)5)32(38)30(31(20)37)24(14-28(46)47)43-33(48)25(9-17(2)3)44-15-26(49-16-34(42)7-8-34)23(13-27(44)45)35(39,40)41/h1,10-13,15,17,24-25H,7-9,14,16,42H2,2-5H3,(H,43,48)(H,46,47)/t24-,25-/m0/s1. The fourth-order valence-corrected chi connectivity index (χ4v) is 5.68. The molecule has 2 aromatic carbocycles. The first-order valence-electron chi connectivity index (χ1n) is 15.3. The molecule has 0 radical (unpaired) electrons. The van der Waals surface area contributed by atoms with Crippen molar-refractivity contribution in [3.8, 4) is 29.2 Å². The minimum absolute atomic E-state index is 0.157. The highest BCUT2D eigenvalue weighted by Crippen LogP contribution is 2.40. The average Bonchev–Trinajstić information content (AvgIpc) is 3.72. The maximum absolute atomic E-state index is 16.4. The summed E-state index contributed by atoms with van der Waals surface area (Å²) in [6, 6.07) is 0.0237. The summed E-state index contributed by atoms with van der Waals surface area (Å²) in [4.78, 5) is 39.0. The van der Waals surface area contributed by atoms with Gasteiger partial charge in [0.25, 0.3) is 5.56 Å². The summed E-state index contributed by atoms with van der Waals surface area (Å²) >= 11 is 0. The van der Waals surface area contributed by atoms with Crippen molar-refractivity contribution < 1.29 is 45.8 Å². The van der Waals surface area contributed by atoms with E-state index in [1.807, 2.05) is 0 Å². The highest BCUT2D eigenvalue weighted by atomic mass is 19.4. The van der Waals surface area contributed by atoms with E-state index in [1.165, 1.54) is 13.8 Å². The lowest BCUT2D eigenvalue weighted by atomic mass is 9.89. The monoisotopic (exact) mass is 691 g/mol.